The molecule has 1 atom stereocenters. The predicted molar refractivity (Wildman–Crippen MR) is 49.3 cm³/mol. The predicted octanol–water partition coefficient (Wildman–Crippen LogP) is 0.0446. The van der Waals surface area contributed by atoms with Crippen molar-refractivity contribution in [1.29, 1.82) is 0 Å². The lowest BCUT2D eigenvalue weighted by Crippen LogP contribution is -2.49. The zero-order valence-electron chi connectivity index (χ0n) is 8.79. The summed E-state index contributed by atoms with van der Waals surface area (Å²) in [4.78, 5) is 26.7. The van der Waals surface area contributed by atoms with Crippen molar-refractivity contribution in [3.8, 4) is 0 Å². The SMILES string of the molecule is CONC(=O)[C@@H](NC(=O)OC)C(C)C. The molecular formula is C8H16N2O4. The number of rotatable bonds is 4. The van der Waals surface area contributed by atoms with Crippen LogP contribution < -0.4 is 10.8 Å². The summed E-state index contributed by atoms with van der Waals surface area (Å²) in [6.45, 7) is 3.60. The molecule has 0 heterocycles. The maximum atomic E-state index is 11.3. The highest BCUT2D eigenvalue weighted by Gasteiger charge is 2.24. The average Bonchev–Trinajstić information content (AvgIpc) is 2.13. The largest absolute Gasteiger partial charge is 0.453 e. The number of methoxy groups -OCH3 is 1. The molecule has 0 aromatic carbocycles. The number of ether oxygens (including phenoxy) is 1. The minimum Gasteiger partial charge on any atom is -0.453 e. The van der Waals surface area contributed by atoms with Crippen LogP contribution in [0.25, 0.3) is 0 Å². The Hall–Kier alpha value is -1.30. The van der Waals surface area contributed by atoms with E-state index in [0.717, 1.165) is 0 Å². The standard InChI is InChI=1S/C8H16N2O4/c1-5(2)6(7(11)10-14-4)9-8(12)13-3/h5-6H,1-4H3,(H,9,12)(H,10,11)/t6-/m0/s1. The summed E-state index contributed by atoms with van der Waals surface area (Å²) in [6.07, 6.45) is -0.644. The number of hydrogen-bond acceptors (Lipinski definition) is 4. The lowest BCUT2D eigenvalue weighted by molar-refractivity contribution is -0.134. The van der Waals surface area contributed by atoms with E-state index in [-0.39, 0.29) is 5.92 Å². The van der Waals surface area contributed by atoms with Crippen LogP contribution >= 0.6 is 0 Å². The first-order valence-electron chi connectivity index (χ1n) is 4.20. The van der Waals surface area contributed by atoms with Crippen LogP contribution in [-0.4, -0.2) is 32.3 Å². The van der Waals surface area contributed by atoms with Gasteiger partial charge in [0.2, 0.25) is 0 Å². The van der Waals surface area contributed by atoms with Crippen molar-refractivity contribution in [3.05, 3.63) is 0 Å². The smallest absolute Gasteiger partial charge is 0.407 e. The second-order valence-electron chi connectivity index (χ2n) is 3.03. The van der Waals surface area contributed by atoms with Crippen molar-refractivity contribution in [2.45, 2.75) is 19.9 Å². The minimum absolute atomic E-state index is 0.0516. The summed E-state index contributed by atoms with van der Waals surface area (Å²) >= 11 is 0. The van der Waals surface area contributed by atoms with Gasteiger partial charge in [0.05, 0.1) is 14.2 Å². The lowest BCUT2D eigenvalue weighted by atomic mass is 10.0. The Labute approximate surface area is 82.9 Å². The van der Waals surface area contributed by atoms with Crippen molar-refractivity contribution in [1.82, 2.24) is 10.8 Å². The van der Waals surface area contributed by atoms with Gasteiger partial charge in [0.15, 0.2) is 0 Å². The highest BCUT2D eigenvalue weighted by Crippen LogP contribution is 2.01. The fourth-order valence-electron chi connectivity index (χ4n) is 0.885. The molecule has 0 saturated carbocycles. The Balaban J connectivity index is 4.29. The van der Waals surface area contributed by atoms with Crippen molar-refractivity contribution in [2.75, 3.05) is 14.2 Å². The molecule has 0 rings (SSSR count). The van der Waals surface area contributed by atoms with Crippen LogP contribution in [0.15, 0.2) is 0 Å². The first-order chi connectivity index (χ1) is 6.52. The normalized spacial score (nSPS) is 12.1. The quantitative estimate of drug-likeness (QED) is 0.634. The lowest BCUT2D eigenvalue weighted by Gasteiger charge is -2.19. The van der Waals surface area contributed by atoms with Crippen LogP contribution in [-0.2, 0) is 14.4 Å². The van der Waals surface area contributed by atoms with Gasteiger partial charge in [0.1, 0.15) is 6.04 Å². The molecule has 14 heavy (non-hydrogen) atoms. The van der Waals surface area contributed by atoms with E-state index in [1.807, 2.05) is 0 Å². The molecular weight excluding hydrogens is 188 g/mol. The fourth-order valence-corrected chi connectivity index (χ4v) is 0.885. The van der Waals surface area contributed by atoms with Crippen LogP contribution in [0, 0.1) is 5.92 Å². The van der Waals surface area contributed by atoms with Gasteiger partial charge >= 0.3 is 6.09 Å². The van der Waals surface area contributed by atoms with E-state index in [0.29, 0.717) is 0 Å². The van der Waals surface area contributed by atoms with Crippen molar-refractivity contribution in [2.24, 2.45) is 5.92 Å². The third-order valence-corrected chi connectivity index (χ3v) is 1.61. The third kappa shape index (κ3) is 4.08. The molecule has 2 amide bonds. The molecule has 0 radical (unpaired) electrons. The molecule has 0 bridgehead atoms. The summed E-state index contributed by atoms with van der Waals surface area (Å²) < 4.78 is 4.39. The first kappa shape index (κ1) is 12.7. The second kappa shape index (κ2) is 6.20. The first-order valence-corrected chi connectivity index (χ1v) is 4.20. The molecule has 0 aliphatic heterocycles. The Bertz CT molecular complexity index is 206. The summed E-state index contributed by atoms with van der Waals surface area (Å²) in [5, 5.41) is 2.40. The monoisotopic (exact) mass is 204 g/mol. The van der Waals surface area contributed by atoms with Gasteiger partial charge in [0, 0.05) is 0 Å². The number of hydrogen-bond donors (Lipinski definition) is 2. The summed E-state index contributed by atoms with van der Waals surface area (Å²) in [6, 6.07) is -0.664. The van der Waals surface area contributed by atoms with Crippen LogP contribution in [0.3, 0.4) is 0 Å². The number of nitrogens with one attached hydrogen (secondary N) is 2. The fraction of sp³-hybridized carbons (Fsp3) is 0.750. The topological polar surface area (TPSA) is 76.7 Å². The molecule has 0 aromatic heterocycles. The third-order valence-electron chi connectivity index (χ3n) is 1.61. The molecule has 0 aliphatic carbocycles. The number of alkyl carbamates (subject to hydrolysis) is 1. The Morgan fingerprint density at radius 2 is 1.79 bits per heavy atom. The van der Waals surface area contributed by atoms with Gasteiger partial charge in [-0.05, 0) is 5.92 Å². The van der Waals surface area contributed by atoms with E-state index in [4.69, 9.17) is 0 Å². The van der Waals surface area contributed by atoms with E-state index in [9.17, 15) is 9.59 Å². The summed E-state index contributed by atoms with van der Waals surface area (Å²) in [5.74, 6) is -0.461. The van der Waals surface area contributed by atoms with Gasteiger partial charge in [0.25, 0.3) is 5.91 Å². The van der Waals surface area contributed by atoms with Gasteiger partial charge in [-0.1, -0.05) is 13.8 Å². The van der Waals surface area contributed by atoms with E-state index in [1.165, 1.54) is 14.2 Å². The minimum atomic E-state index is -0.664. The number of hydroxylamine groups is 1. The molecule has 82 valence electrons. The molecule has 6 heteroatoms. The zero-order valence-corrected chi connectivity index (χ0v) is 8.79. The molecule has 0 aromatic rings. The maximum Gasteiger partial charge on any atom is 0.407 e. The van der Waals surface area contributed by atoms with E-state index in [2.05, 4.69) is 20.4 Å². The molecule has 0 fully saturated rings. The van der Waals surface area contributed by atoms with Gasteiger partial charge < -0.3 is 10.1 Å². The second-order valence-corrected chi connectivity index (χ2v) is 3.03. The summed E-state index contributed by atoms with van der Waals surface area (Å²) in [7, 11) is 2.56. The summed E-state index contributed by atoms with van der Waals surface area (Å²) in [5.41, 5.74) is 2.15. The van der Waals surface area contributed by atoms with Gasteiger partial charge in [-0.25, -0.2) is 10.3 Å². The Kier molecular flexibility index (Phi) is 5.62. The van der Waals surface area contributed by atoms with E-state index in [1.54, 1.807) is 13.8 Å². The average molecular weight is 204 g/mol. The van der Waals surface area contributed by atoms with Crippen molar-refractivity contribution >= 4 is 12.0 Å². The molecule has 0 unspecified atom stereocenters. The molecule has 6 nitrogen and oxygen atoms in total. The van der Waals surface area contributed by atoms with Crippen LogP contribution in [0.1, 0.15) is 13.8 Å². The number of carbonyl (C=O) groups excluding carboxylic acids is 2. The number of amides is 2. The zero-order chi connectivity index (χ0) is 11.1. The van der Waals surface area contributed by atoms with Gasteiger partial charge in [-0.3, -0.25) is 9.63 Å². The maximum absolute atomic E-state index is 11.3. The highest BCUT2D eigenvalue weighted by atomic mass is 16.6. The van der Waals surface area contributed by atoms with E-state index < -0.39 is 18.0 Å². The van der Waals surface area contributed by atoms with Crippen LogP contribution in [0.2, 0.25) is 0 Å². The molecule has 2 N–H and O–H groups in total. The Morgan fingerprint density at radius 1 is 1.21 bits per heavy atom. The van der Waals surface area contributed by atoms with Gasteiger partial charge in [-0.15, -0.1) is 0 Å². The Morgan fingerprint density at radius 3 is 2.14 bits per heavy atom. The van der Waals surface area contributed by atoms with Crippen LogP contribution in [0.4, 0.5) is 4.79 Å². The highest BCUT2D eigenvalue weighted by molar-refractivity contribution is 5.85. The van der Waals surface area contributed by atoms with Crippen LogP contribution in [0.5, 0.6) is 0 Å². The van der Waals surface area contributed by atoms with Crippen molar-refractivity contribution in [3.63, 3.8) is 0 Å². The number of carbonyl (C=O) groups is 2. The molecule has 0 saturated heterocycles. The molecule has 0 spiro atoms. The van der Waals surface area contributed by atoms with Gasteiger partial charge in [-0.2, -0.15) is 0 Å². The van der Waals surface area contributed by atoms with Crippen molar-refractivity contribution < 1.29 is 19.2 Å². The van der Waals surface area contributed by atoms with E-state index >= 15 is 0 Å². The molecule has 0 aliphatic rings.